The van der Waals surface area contributed by atoms with Gasteiger partial charge in [0.1, 0.15) is 18.8 Å². The number of carboxylic acid groups (broad SMARTS) is 1. The molecule has 1 heterocycles. The van der Waals surface area contributed by atoms with E-state index in [-0.39, 0.29) is 25.9 Å². The van der Waals surface area contributed by atoms with Crippen molar-refractivity contribution in [2.45, 2.75) is 302 Å². The van der Waals surface area contributed by atoms with E-state index < -0.39 is 67.3 Å². The van der Waals surface area contributed by atoms with E-state index in [1.807, 2.05) is 0 Å². The Morgan fingerprint density at radius 1 is 0.429 bits per heavy atom. The average molecular weight is 1080 g/mol. The monoisotopic (exact) mass is 1080 g/mol. The van der Waals surface area contributed by atoms with Crippen LogP contribution in [0.1, 0.15) is 265 Å². The molecule has 77 heavy (non-hydrogen) atoms. The third-order valence-corrected chi connectivity index (χ3v) is 13.7. The Balaban J connectivity index is 2.68. The lowest BCUT2D eigenvalue weighted by molar-refractivity contribution is -0.301. The lowest BCUT2D eigenvalue weighted by Crippen LogP contribution is -2.61. The van der Waals surface area contributed by atoms with Gasteiger partial charge in [0, 0.05) is 19.3 Å². The molecule has 12 heteroatoms. The predicted molar refractivity (Wildman–Crippen MR) is 312 cm³/mol. The fourth-order valence-corrected chi connectivity index (χ4v) is 8.93. The van der Waals surface area contributed by atoms with Crippen molar-refractivity contribution in [1.82, 2.24) is 0 Å². The molecule has 1 saturated heterocycles. The standard InChI is InChI=1S/C65H110O12/c1-4-7-10-13-16-19-22-25-27-28-29-30-32-35-38-41-44-47-50-53-59(68)76-63-61(70)60(69)62(64(71)72)77-65(63)74-55-56(75-58(67)52-49-46-43-40-37-33-24-21-18-15-12-9-6-3)54-73-57(66)51-48-45-42-39-36-34-31-26-23-20-17-14-11-8-5-2/h16-17,19-21,24-27,29-31,56,60-63,65,69-70H,4-15,18,22-23,28,32-55H2,1-3H3,(H,71,72)/b19-16-,20-17-,24-21-,27-25-,30-29-,31-26-. The number of ether oxygens (including phenoxy) is 5. The Kier molecular flexibility index (Phi) is 48.8. The van der Waals surface area contributed by atoms with E-state index in [1.165, 1.54) is 70.6 Å². The first-order valence-corrected chi connectivity index (χ1v) is 30.9. The maximum atomic E-state index is 13.1. The largest absolute Gasteiger partial charge is 0.479 e. The normalized spacial score (nSPS) is 18.5. The van der Waals surface area contributed by atoms with Gasteiger partial charge in [-0.15, -0.1) is 0 Å². The summed E-state index contributed by atoms with van der Waals surface area (Å²) in [6.07, 6.45) is 54.3. The van der Waals surface area contributed by atoms with E-state index in [0.29, 0.717) is 19.3 Å². The van der Waals surface area contributed by atoms with Crippen LogP contribution in [0.25, 0.3) is 0 Å². The van der Waals surface area contributed by atoms with Crippen LogP contribution in [0.3, 0.4) is 0 Å². The summed E-state index contributed by atoms with van der Waals surface area (Å²) >= 11 is 0. The molecule has 3 N–H and O–H groups in total. The van der Waals surface area contributed by atoms with Gasteiger partial charge in [0.25, 0.3) is 0 Å². The minimum absolute atomic E-state index is 0.0421. The van der Waals surface area contributed by atoms with E-state index in [2.05, 4.69) is 93.7 Å². The molecule has 0 aromatic carbocycles. The van der Waals surface area contributed by atoms with Gasteiger partial charge in [0.15, 0.2) is 24.6 Å². The van der Waals surface area contributed by atoms with Gasteiger partial charge >= 0.3 is 23.9 Å². The lowest BCUT2D eigenvalue weighted by Gasteiger charge is -2.40. The second-order valence-corrected chi connectivity index (χ2v) is 21.0. The van der Waals surface area contributed by atoms with Gasteiger partial charge in [-0.3, -0.25) is 14.4 Å². The number of rotatable bonds is 52. The van der Waals surface area contributed by atoms with Gasteiger partial charge < -0.3 is 39.0 Å². The van der Waals surface area contributed by atoms with Crippen LogP contribution in [-0.4, -0.2) is 89.2 Å². The maximum Gasteiger partial charge on any atom is 0.335 e. The zero-order valence-electron chi connectivity index (χ0n) is 48.7. The molecule has 0 aliphatic carbocycles. The third-order valence-electron chi connectivity index (χ3n) is 13.7. The number of carboxylic acids is 1. The molecule has 6 unspecified atom stereocenters. The molecule has 0 spiro atoms. The Labute approximate surface area is 468 Å². The summed E-state index contributed by atoms with van der Waals surface area (Å²) in [5, 5.41) is 31.5. The number of aliphatic hydroxyl groups excluding tert-OH is 2. The second-order valence-electron chi connectivity index (χ2n) is 21.0. The minimum Gasteiger partial charge on any atom is -0.479 e. The van der Waals surface area contributed by atoms with Crippen LogP contribution >= 0.6 is 0 Å². The molecule has 1 rings (SSSR count). The molecular formula is C65H110O12. The Morgan fingerprint density at radius 2 is 0.779 bits per heavy atom. The van der Waals surface area contributed by atoms with E-state index in [4.69, 9.17) is 23.7 Å². The smallest absolute Gasteiger partial charge is 0.335 e. The van der Waals surface area contributed by atoms with Crippen molar-refractivity contribution in [3.05, 3.63) is 72.9 Å². The highest BCUT2D eigenvalue weighted by molar-refractivity contribution is 5.74. The van der Waals surface area contributed by atoms with Gasteiger partial charge in [-0.05, 0) is 116 Å². The fourth-order valence-electron chi connectivity index (χ4n) is 8.93. The van der Waals surface area contributed by atoms with Crippen molar-refractivity contribution in [2.75, 3.05) is 13.2 Å². The van der Waals surface area contributed by atoms with E-state index in [9.17, 15) is 34.5 Å². The molecule has 1 aliphatic heterocycles. The van der Waals surface area contributed by atoms with Crippen LogP contribution in [0.4, 0.5) is 0 Å². The van der Waals surface area contributed by atoms with Crippen LogP contribution in [0.2, 0.25) is 0 Å². The molecular weight excluding hydrogens is 973 g/mol. The summed E-state index contributed by atoms with van der Waals surface area (Å²) in [5.74, 6) is -3.16. The number of hydrogen-bond acceptors (Lipinski definition) is 11. The van der Waals surface area contributed by atoms with Gasteiger partial charge in [-0.2, -0.15) is 0 Å². The van der Waals surface area contributed by atoms with Crippen LogP contribution in [-0.2, 0) is 42.9 Å². The van der Waals surface area contributed by atoms with E-state index >= 15 is 0 Å². The second kappa shape index (κ2) is 52.8. The maximum absolute atomic E-state index is 13.1. The number of esters is 3. The topological polar surface area (TPSA) is 175 Å². The van der Waals surface area contributed by atoms with Crippen molar-refractivity contribution in [2.24, 2.45) is 0 Å². The highest BCUT2D eigenvalue weighted by atomic mass is 16.7. The van der Waals surface area contributed by atoms with E-state index in [1.54, 1.807) is 0 Å². The summed E-state index contributed by atoms with van der Waals surface area (Å²) in [4.78, 5) is 51.2. The van der Waals surface area contributed by atoms with Crippen LogP contribution in [0.15, 0.2) is 72.9 Å². The summed E-state index contributed by atoms with van der Waals surface area (Å²) < 4.78 is 28.4. The molecule has 0 saturated carbocycles. The number of aliphatic carboxylic acids is 1. The number of aliphatic hydroxyl groups is 2. The zero-order chi connectivity index (χ0) is 56.1. The number of hydrogen-bond donors (Lipinski definition) is 3. The van der Waals surface area contributed by atoms with Crippen molar-refractivity contribution in [1.29, 1.82) is 0 Å². The molecule has 0 amide bonds. The molecule has 6 atom stereocenters. The highest BCUT2D eigenvalue weighted by Gasteiger charge is 2.50. The Bertz CT molecular complexity index is 1620. The number of unbranched alkanes of at least 4 members (excludes halogenated alkanes) is 26. The molecule has 12 nitrogen and oxygen atoms in total. The number of carbonyl (C=O) groups excluding carboxylic acids is 3. The van der Waals surface area contributed by atoms with Crippen LogP contribution in [0, 0.1) is 0 Å². The zero-order valence-corrected chi connectivity index (χ0v) is 48.7. The molecule has 1 aliphatic rings. The molecule has 0 aromatic rings. The predicted octanol–water partition coefficient (Wildman–Crippen LogP) is 16.1. The van der Waals surface area contributed by atoms with Gasteiger partial charge in [-0.25, -0.2) is 4.79 Å². The molecule has 442 valence electrons. The van der Waals surface area contributed by atoms with Crippen molar-refractivity contribution >= 4 is 23.9 Å². The summed E-state index contributed by atoms with van der Waals surface area (Å²) in [6, 6.07) is 0. The Hall–Kier alpha value is -3.84. The number of allylic oxidation sites excluding steroid dienone is 12. The first-order chi connectivity index (χ1) is 37.6. The van der Waals surface area contributed by atoms with Crippen molar-refractivity contribution in [3.63, 3.8) is 0 Å². The van der Waals surface area contributed by atoms with Crippen molar-refractivity contribution < 1.29 is 58.2 Å². The lowest BCUT2D eigenvalue weighted by atomic mass is 9.98. The Morgan fingerprint density at radius 3 is 1.22 bits per heavy atom. The highest BCUT2D eigenvalue weighted by Crippen LogP contribution is 2.26. The van der Waals surface area contributed by atoms with Gasteiger partial charge in [0.2, 0.25) is 0 Å². The van der Waals surface area contributed by atoms with Gasteiger partial charge in [-0.1, -0.05) is 203 Å². The first kappa shape index (κ1) is 71.2. The quantitative estimate of drug-likeness (QED) is 0.0228. The van der Waals surface area contributed by atoms with Crippen LogP contribution in [0.5, 0.6) is 0 Å². The third kappa shape index (κ3) is 42.7. The minimum atomic E-state index is -1.91. The average Bonchev–Trinajstić information content (AvgIpc) is 3.42. The summed E-state index contributed by atoms with van der Waals surface area (Å²) in [5.41, 5.74) is 0. The molecule has 0 bridgehead atoms. The number of carbonyl (C=O) groups is 4. The molecule has 1 fully saturated rings. The fraction of sp³-hybridized carbons (Fsp3) is 0.754. The molecule has 0 aromatic heterocycles. The summed E-state index contributed by atoms with van der Waals surface area (Å²) in [6.45, 7) is 5.91. The van der Waals surface area contributed by atoms with Gasteiger partial charge in [0.05, 0.1) is 6.61 Å². The first-order valence-electron chi connectivity index (χ1n) is 30.9. The van der Waals surface area contributed by atoms with E-state index in [0.717, 1.165) is 135 Å². The molecule has 0 radical (unpaired) electrons. The summed E-state index contributed by atoms with van der Waals surface area (Å²) in [7, 11) is 0. The van der Waals surface area contributed by atoms with Crippen LogP contribution < -0.4 is 0 Å². The SMILES string of the molecule is CCCCC/C=C\C/C=C\C/C=C\CCCCCCCCC(=O)OC1C(OCC(COC(=O)CCCCCCC/C=C\C/C=C\CCCCC)OC(=O)CCCCCCC/C=C\CCCCCC)OC(C(=O)O)C(O)C1O. The van der Waals surface area contributed by atoms with Crippen molar-refractivity contribution in [3.8, 4) is 0 Å².